The summed E-state index contributed by atoms with van der Waals surface area (Å²) in [6.07, 6.45) is 1.94. The van der Waals surface area contributed by atoms with Gasteiger partial charge >= 0.3 is 0 Å². The molecule has 0 aliphatic heterocycles. The van der Waals surface area contributed by atoms with Crippen LogP contribution in [0, 0.1) is 0 Å². The Morgan fingerprint density at radius 3 is 2.40 bits per heavy atom. The van der Waals surface area contributed by atoms with Crippen LogP contribution in [-0.4, -0.2) is 10.2 Å². The van der Waals surface area contributed by atoms with E-state index in [0.29, 0.717) is 11.8 Å². The van der Waals surface area contributed by atoms with E-state index >= 15 is 0 Å². The quantitative estimate of drug-likeness (QED) is 0.788. The number of nitrogens with one attached hydrogen (secondary N) is 1. The summed E-state index contributed by atoms with van der Waals surface area (Å²) in [6.45, 7) is 8.97. The minimum Gasteiger partial charge on any atom is -0.278 e. The van der Waals surface area contributed by atoms with Gasteiger partial charge in [0.15, 0.2) is 0 Å². The Balaban J connectivity index is 2.75. The molecule has 0 fully saturated rings. The maximum Gasteiger partial charge on any atom is 0.0653 e. The van der Waals surface area contributed by atoms with Crippen molar-refractivity contribution in [1.29, 1.82) is 0 Å². The standard InChI is InChI=1S/C13H18N2/c1-8(2)10-5-6-12-11(7-14-15-12)13(10)9(3)4/h5-9H,1-4H3,(H,14,15). The second kappa shape index (κ2) is 3.69. The van der Waals surface area contributed by atoms with Crippen LogP contribution in [0.1, 0.15) is 50.7 Å². The number of aromatic amines is 1. The van der Waals surface area contributed by atoms with Gasteiger partial charge in [-0.3, -0.25) is 5.10 Å². The Morgan fingerprint density at radius 2 is 1.80 bits per heavy atom. The van der Waals surface area contributed by atoms with Gasteiger partial charge in [0, 0.05) is 5.39 Å². The fourth-order valence-corrected chi connectivity index (χ4v) is 2.20. The number of H-pyrrole nitrogens is 1. The fraction of sp³-hybridized carbons (Fsp3) is 0.462. The molecule has 1 heterocycles. The summed E-state index contributed by atoms with van der Waals surface area (Å²) in [4.78, 5) is 0. The average molecular weight is 202 g/mol. The van der Waals surface area contributed by atoms with E-state index in [0.717, 1.165) is 5.52 Å². The van der Waals surface area contributed by atoms with E-state index in [4.69, 9.17) is 0 Å². The molecule has 0 unspecified atom stereocenters. The topological polar surface area (TPSA) is 28.7 Å². The van der Waals surface area contributed by atoms with Crippen molar-refractivity contribution in [3.63, 3.8) is 0 Å². The number of fused-ring (bicyclic) bond motifs is 1. The van der Waals surface area contributed by atoms with Crippen molar-refractivity contribution in [2.45, 2.75) is 39.5 Å². The summed E-state index contributed by atoms with van der Waals surface area (Å²) in [5.41, 5.74) is 4.03. The molecule has 0 saturated carbocycles. The zero-order valence-electron chi connectivity index (χ0n) is 9.83. The van der Waals surface area contributed by atoms with Gasteiger partial charge in [-0.25, -0.2) is 0 Å². The first-order chi connectivity index (χ1) is 7.11. The highest BCUT2D eigenvalue weighted by Crippen LogP contribution is 2.31. The Morgan fingerprint density at radius 1 is 1.07 bits per heavy atom. The number of aromatic nitrogens is 2. The van der Waals surface area contributed by atoms with Gasteiger partial charge in [0.05, 0.1) is 11.7 Å². The average Bonchev–Trinajstić information content (AvgIpc) is 2.62. The minimum absolute atomic E-state index is 0.545. The minimum atomic E-state index is 0.545. The van der Waals surface area contributed by atoms with E-state index in [2.05, 4.69) is 50.0 Å². The molecule has 0 amide bonds. The fourth-order valence-electron chi connectivity index (χ4n) is 2.20. The summed E-state index contributed by atoms with van der Waals surface area (Å²) < 4.78 is 0. The number of benzene rings is 1. The van der Waals surface area contributed by atoms with Crippen LogP contribution < -0.4 is 0 Å². The highest BCUT2D eigenvalue weighted by atomic mass is 15.1. The molecule has 80 valence electrons. The maximum absolute atomic E-state index is 4.12. The Labute approximate surface area is 90.7 Å². The molecule has 2 heteroatoms. The molecule has 2 rings (SSSR count). The van der Waals surface area contributed by atoms with E-state index in [9.17, 15) is 0 Å². The lowest BCUT2D eigenvalue weighted by atomic mass is 9.88. The summed E-state index contributed by atoms with van der Waals surface area (Å²) >= 11 is 0. The van der Waals surface area contributed by atoms with Gasteiger partial charge in [0.1, 0.15) is 0 Å². The molecule has 0 radical (unpaired) electrons. The summed E-state index contributed by atoms with van der Waals surface area (Å²) in [5, 5.41) is 8.43. The number of hydrogen-bond donors (Lipinski definition) is 1. The zero-order chi connectivity index (χ0) is 11.0. The second-order valence-electron chi connectivity index (χ2n) is 4.71. The first kappa shape index (κ1) is 10.2. The Bertz CT molecular complexity index is 466. The van der Waals surface area contributed by atoms with Gasteiger partial charge in [0.25, 0.3) is 0 Å². The SMILES string of the molecule is CC(C)c1ccc2[nH]ncc2c1C(C)C. The Kier molecular flexibility index (Phi) is 2.51. The normalized spacial score (nSPS) is 11.9. The molecule has 0 spiro atoms. The molecule has 0 bridgehead atoms. The van der Waals surface area contributed by atoms with Crippen LogP contribution in [0.15, 0.2) is 18.3 Å². The molecule has 0 aliphatic rings. The van der Waals surface area contributed by atoms with Crippen molar-refractivity contribution >= 4 is 10.9 Å². The van der Waals surface area contributed by atoms with Crippen LogP contribution in [0.2, 0.25) is 0 Å². The van der Waals surface area contributed by atoms with Crippen molar-refractivity contribution < 1.29 is 0 Å². The highest BCUT2D eigenvalue weighted by molar-refractivity contribution is 5.83. The largest absolute Gasteiger partial charge is 0.278 e. The van der Waals surface area contributed by atoms with Gasteiger partial charge in [-0.05, 0) is 29.0 Å². The smallest absolute Gasteiger partial charge is 0.0653 e. The first-order valence-electron chi connectivity index (χ1n) is 5.57. The van der Waals surface area contributed by atoms with Crippen LogP contribution in [0.25, 0.3) is 10.9 Å². The highest BCUT2D eigenvalue weighted by Gasteiger charge is 2.14. The lowest BCUT2D eigenvalue weighted by Gasteiger charge is -2.16. The van der Waals surface area contributed by atoms with E-state index in [1.807, 2.05) is 6.20 Å². The van der Waals surface area contributed by atoms with Crippen LogP contribution in [0.4, 0.5) is 0 Å². The summed E-state index contributed by atoms with van der Waals surface area (Å²) in [6, 6.07) is 4.35. The maximum atomic E-state index is 4.12. The molecule has 2 nitrogen and oxygen atoms in total. The molecule has 0 saturated heterocycles. The third-order valence-corrected chi connectivity index (χ3v) is 2.90. The monoisotopic (exact) mass is 202 g/mol. The molecular formula is C13H18N2. The van der Waals surface area contributed by atoms with Crippen molar-refractivity contribution in [1.82, 2.24) is 10.2 Å². The van der Waals surface area contributed by atoms with Gasteiger partial charge < -0.3 is 0 Å². The van der Waals surface area contributed by atoms with Crippen LogP contribution in [0.5, 0.6) is 0 Å². The van der Waals surface area contributed by atoms with Crippen LogP contribution in [0.3, 0.4) is 0 Å². The molecule has 1 N–H and O–H groups in total. The lowest BCUT2D eigenvalue weighted by molar-refractivity contribution is 0.798. The van der Waals surface area contributed by atoms with Crippen molar-refractivity contribution in [2.24, 2.45) is 0 Å². The zero-order valence-corrected chi connectivity index (χ0v) is 9.83. The summed E-state index contributed by atoms with van der Waals surface area (Å²) in [5.74, 6) is 1.12. The Hall–Kier alpha value is -1.31. The molecule has 2 aromatic rings. The lowest BCUT2D eigenvalue weighted by Crippen LogP contribution is -1.98. The van der Waals surface area contributed by atoms with E-state index in [-0.39, 0.29) is 0 Å². The third kappa shape index (κ3) is 1.65. The molecule has 1 aromatic carbocycles. The van der Waals surface area contributed by atoms with Crippen molar-refractivity contribution in [3.05, 3.63) is 29.5 Å². The van der Waals surface area contributed by atoms with Gasteiger partial charge in [0.2, 0.25) is 0 Å². The number of rotatable bonds is 2. The predicted molar refractivity (Wildman–Crippen MR) is 64.3 cm³/mol. The second-order valence-corrected chi connectivity index (χ2v) is 4.71. The van der Waals surface area contributed by atoms with Gasteiger partial charge in [-0.2, -0.15) is 5.10 Å². The van der Waals surface area contributed by atoms with E-state index < -0.39 is 0 Å². The van der Waals surface area contributed by atoms with E-state index in [1.54, 1.807) is 0 Å². The molecule has 0 aliphatic carbocycles. The molecular weight excluding hydrogens is 184 g/mol. The van der Waals surface area contributed by atoms with Crippen molar-refractivity contribution in [2.75, 3.05) is 0 Å². The van der Waals surface area contributed by atoms with Crippen LogP contribution >= 0.6 is 0 Å². The molecule has 0 atom stereocenters. The number of nitrogens with zero attached hydrogens (tertiary/aromatic N) is 1. The number of hydrogen-bond acceptors (Lipinski definition) is 1. The molecule has 1 aromatic heterocycles. The van der Waals surface area contributed by atoms with Crippen molar-refractivity contribution in [3.8, 4) is 0 Å². The van der Waals surface area contributed by atoms with Gasteiger partial charge in [-0.15, -0.1) is 0 Å². The van der Waals surface area contributed by atoms with E-state index in [1.165, 1.54) is 16.5 Å². The molecule has 15 heavy (non-hydrogen) atoms. The third-order valence-electron chi connectivity index (χ3n) is 2.90. The van der Waals surface area contributed by atoms with Crippen LogP contribution in [-0.2, 0) is 0 Å². The summed E-state index contributed by atoms with van der Waals surface area (Å²) in [7, 11) is 0. The predicted octanol–water partition coefficient (Wildman–Crippen LogP) is 3.81. The first-order valence-corrected chi connectivity index (χ1v) is 5.57. The van der Waals surface area contributed by atoms with Gasteiger partial charge in [-0.1, -0.05) is 33.8 Å².